The van der Waals surface area contributed by atoms with Crippen molar-refractivity contribution >= 4 is 17.5 Å². The zero-order valence-electron chi connectivity index (χ0n) is 14.9. The Kier molecular flexibility index (Phi) is 5.23. The molecular formula is C20H23N5. The van der Waals surface area contributed by atoms with Gasteiger partial charge in [-0.2, -0.15) is 10.1 Å². The van der Waals surface area contributed by atoms with Crippen molar-refractivity contribution in [1.29, 1.82) is 0 Å². The Labute approximate surface area is 149 Å². The van der Waals surface area contributed by atoms with Crippen LogP contribution in [-0.4, -0.2) is 28.8 Å². The summed E-state index contributed by atoms with van der Waals surface area (Å²) in [6.45, 7) is 5.72. The molecule has 3 aromatic rings. The Morgan fingerprint density at radius 2 is 1.80 bits per heavy atom. The number of aryl methyl sites for hydroxylation is 1. The summed E-state index contributed by atoms with van der Waals surface area (Å²) < 4.78 is 0. The predicted octanol–water partition coefficient (Wildman–Crippen LogP) is 3.97. The van der Waals surface area contributed by atoms with E-state index >= 15 is 0 Å². The van der Waals surface area contributed by atoms with Crippen molar-refractivity contribution in [3.05, 3.63) is 71.9 Å². The minimum Gasteiger partial charge on any atom is -0.354 e. The summed E-state index contributed by atoms with van der Waals surface area (Å²) in [5, 5.41) is 8.41. The van der Waals surface area contributed by atoms with E-state index in [4.69, 9.17) is 4.98 Å². The van der Waals surface area contributed by atoms with E-state index in [1.54, 1.807) is 6.20 Å². The van der Waals surface area contributed by atoms with Crippen LogP contribution in [0.15, 0.2) is 60.8 Å². The van der Waals surface area contributed by atoms with E-state index in [0.717, 1.165) is 24.6 Å². The van der Waals surface area contributed by atoms with Gasteiger partial charge in [-0.3, -0.25) is 0 Å². The van der Waals surface area contributed by atoms with Crippen molar-refractivity contribution in [3.63, 3.8) is 0 Å². The number of nitrogens with zero attached hydrogens (tertiary/aromatic N) is 5. The van der Waals surface area contributed by atoms with Crippen LogP contribution >= 0.6 is 0 Å². The molecule has 0 bridgehead atoms. The summed E-state index contributed by atoms with van der Waals surface area (Å²) in [5.41, 5.74) is 3.52. The third-order valence-corrected chi connectivity index (χ3v) is 4.06. The van der Waals surface area contributed by atoms with Gasteiger partial charge in [0, 0.05) is 25.8 Å². The van der Waals surface area contributed by atoms with Gasteiger partial charge in [-0.1, -0.05) is 42.5 Å². The Morgan fingerprint density at radius 1 is 1.00 bits per heavy atom. The molecule has 2 aromatic carbocycles. The van der Waals surface area contributed by atoms with Gasteiger partial charge in [-0.25, -0.2) is 0 Å². The highest BCUT2D eigenvalue weighted by Gasteiger charge is 2.13. The second-order valence-corrected chi connectivity index (χ2v) is 6.04. The van der Waals surface area contributed by atoms with Crippen molar-refractivity contribution in [2.24, 2.45) is 0 Å². The fourth-order valence-corrected chi connectivity index (χ4v) is 2.76. The zero-order valence-corrected chi connectivity index (χ0v) is 14.9. The first kappa shape index (κ1) is 16.9. The lowest BCUT2D eigenvalue weighted by atomic mass is 10.2. The topological polar surface area (TPSA) is 45.2 Å². The monoisotopic (exact) mass is 333 g/mol. The SMILES string of the molecule is CCN(c1cccc(C)c1)c1nncc(N(C)Cc2ccccc2)n1. The molecule has 0 amide bonds. The summed E-state index contributed by atoms with van der Waals surface area (Å²) in [6, 6.07) is 18.7. The lowest BCUT2D eigenvalue weighted by molar-refractivity contribution is 0.836. The highest BCUT2D eigenvalue weighted by atomic mass is 15.3. The van der Waals surface area contributed by atoms with Crippen molar-refractivity contribution in [1.82, 2.24) is 15.2 Å². The number of hydrogen-bond donors (Lipinski definition) is 0. The van der Waals surface area contributed by atoms with Gasteiger partial charge < -0.3 is 9.80 Å². The normalized spacial score (nSPS) is 10.5. The number of aromatic nitrogens is 3. The van der Waals surface area contributed by atoms with E-state index in [0.29, 0.717) is 5.95 Å². The summed E-state index contributed by atoms with van der Waals surface area (Å²) in [6.07, 6.45) is 1.70. The maximum Gasteiger partial charge on any atom is 0.251 e. The van der Waals surface area contributed by atoms with Crippen LogP contribution in [0.5, 0.6) is 0 Å². The molecule has 0 unspecified atom stereocenters. The van der Waals surface area contributed by atoms with Gasteiger partial charge in [0.2, 0.25) is 0 Å². The molecule has 128 valence electrons. The molecule has 25 heavy (non-hydrogen) atoms. The fourth-order valence-electron chi connectivity index (χ4n) is 2.76. The Hall–Kier alpha value is -2.95. The van der Waals surface area contributed by atoms with Crippen molar-refractivity contribution in [2.75, 3.05) is 23.4 Å². The average Bonchev–Trinajstić information content (AvgIpc) is 2.63. The number of anilines is 3. The molecule has 0 aliphatic carbocycles. The Balaban J connectivity index is 1.84. The van der Waals surface area contributed by atoms with E-state index in [2.05, 4.69) is 64.2 Å². The van der Waals surface area contributed by atoms with E-state index < -0.39 is 0 Å². The van der Waals surface area contributed by atoms with Gasteiger partial charge in [0.25, 0.3) is 5.95 Å². The van der Waals surface area contributed by atoms with Crippen molar-refractivity contribution in [3.8, 4) is 0 Å². The summed E-state index contributed by atoms with van der Waals surface area (Å²) >= 11 is 0. The molecule has 0 aliphatic rings. The van der Waals surface area contributed by atoms with Crippen LogP contribution in [0.4, 0.5) is 17.5 Å². The van der Waals surface area contributed by atoms with E-state index in [9.17, 15) is 0 Å². The quantitative estimate of drug-likeness (QED) is 0.683. The van der Waals surface area contributed by atoms with Gasteiger partial charge in [0.15, 0.2) is 5.82 Å². The first-order valence-electron chi connectivity index (χ1n) is 8.46. The molecule has 0 spiro atoms. The minimum atomic E-state index is 0.616. The van der Waals surface area contributed by atoms with Crippen LogP contribution in [0.25, 0.3) is 0 Å². The highest BCUT2D eigenvalue weighted by molar-refractivity contribution is 5.58. The molecule has 5 heteroatoms. The van der Waals surface area contributed by atoms with Crippen molar-refractivity contribution < 1.29 is 0 Å². The third-order valence-electron chi connectivity index (χ3n) is 4.06. The summed E-state index contributed by atoms with van der Waals surface area (Å²) in [4.78, 5) is 8.87. The zero-order chi connectivity index (χ0) is 17.6. The molecule has 0 atom stereocenters. The average molecular weight is 333 g/mol. The van der Waals surface area contributed by atoms with Crippen molar-refractivity contribution in [2.45, 2.75) is 20.4 Å². The molecule has 1 aromatic heterocycles. The standard InChI is InChI=1S/C20H23N5/c1-4-25(18-12-8-9-16(2)13-18)20-22-19(14-21-23-20)24(3)15-17-10-6-5-7-11-17/h5-14H,4,15H2,1-3H3. The van der Waals surface area contributed by atoms with Gasteiger partial charge in [0.1, 0.15) is 0 Å². The summed E-state index contributed by atoms with van der Waals surface area (Å²) in [7, 11) is 2.02. The fraction of sp³-hybridized carbons (Fsp3) is 0.250. The molecule has 0 radical (unpaired) electrons. The third kappa shape index (κ3) is 4.12. The maximum absolute atomic E-state index is 4.72. The van der Waals surface area contributed by atoms with Gasteiger partial charge in [0.05, 0.1) is 6.20 Å². The molecule has 0 saturated heterocycles. The van der Waals surface area contributed by atoms with Crippen LogP contribution in [0.3, 0.4) is 0 Å². The minimum absolute atomic E-state index is 0.616. The Bertz CT molecular complexity index is 819. The number of rotatable bonds is 6. The molecule has 0 fully saturated rings. The van der Waals surface area contributed by atoms with Crippen LogP contribution < -0.4 is 9.80 Å². The van der Waals surface area contributed by atoms with Crippen LogP contribution in [0.1, 0.15) is 18.1 Å². The highest BCUT2D eigenvalue weighted by Crippen LogP contribution is 2.23. The van der Waals surface area contributed by atoms with Gasteiger partial charge in [-0.15, -0.1) is 5.10 Å². The molecule has 3 rings (SSSR count). The summed E-state index contributed by atoms with van der Waals surface area (Å²) in [5.74, 6) is 1.42. The van der Waals surface area contributed by atoms with E-state index in [-0.39, 0.29) is 0 Å². The lowest BCUT2D eigenvalue weighted by Crippen LogP contribution is -2.23. The Morgan fingerprint density at radius 3 is 2.52 bits per heavy atom. The van der Waals surface area contributed by atoms with E-state index in [1.807, 2.05) is 31.3 Å². The molecule has 0 N–H and O–H groups in total. The lowest BCUT2D eigenvalue weighted by Gasteiger charge is -2.23. The first-order valence-corrected chi connectivity index (χ1v) is 8.46. The maximum atomic E-state index is 4.72. The number of benzene rings is 2. The van der Waals surface area contributed by atoms with Crippen LogP contribution in [0, 0.1) is 6.92 Å². The predicted molar refractivity (Wildman–Crippen MR) is 102 cm³/mol. The van der Waals surface area contributed by atoms with Gasteiger partial charge in [-0.05, 0) is 37.1 Å². The first-order chi connectivity index (χ1) is 12.2. The molecule has 0 aliphatic heterocycles. The van der Waals surface area contributed by atoms with Crippen LogP contribution in [-0.2, 0) is 6.54 Å². The van der Waals surface area contributed by atoms with Crippen LogP contribution in [0.2, 0.25) is 0 Å². The molecule has 5 nitrogen and oxygen atoms in total. The second kappa shape index (κ2) is 7.75. The molecule has 1 heterocycles. The number of hydrogen-bond acceptors (Lipinski definition) is 5. The molecular weight excluding hydrogens is 310 g/mol. The van der Waals surface area contributed by atoms with E-state index in [1.165, 1.54) is 11.1 Å². The molecule has 0 saturated carbocycles. The van der Waals surface area contributed by atoms with Gasteiger partial charge >= 0.3 is 0 Å². The second-order valence-electron chi connectivity index (χ2n) is 6.04. The largest absolute Gasteiger partial charge is 0.354 e. The smallest absolute Gasteiger partial charge is 0.251 e.